The van der Waals surface area contributed by atoms with Crippen LogP contribution in [0.4, 0.5) is 5.69 Å². The first kappa shape index (κ1) is 13.6. The fraction of sp³-hybridized carbons (Fsp3) is 0.200. The van der Waals surface area contributed by atoms with E-state index < -0.39 is 10.0 Å². The SMILES string of the molecule is O=S(=O)(c1cccc(Br)c1)N1CCCc2ccccc21. The maximum atomic E-state index is 12.8. The smallest absolute Gasteiger partial charge is 0.264 e. The molecule has 0 N–H and O–H groups in total. The third-order valence-electron chi connectivity index (χ3n) is 3.45. The molecular formula is C15H14BrNO2S. The molecule has 2 aromatic carbocycles. The number of halogens is 1. The number of hydrogen-bond donors (Lipinski definition) is 0. The molecule has 0 bridgehead atoms. The van der Waals surface area contributed by atoms with Crippen LogP contribution < -0.4 is 4.31 Å². The van der Waals surface area contributed by atoms with E-state index in [1.54, 1.807) is 18.2 Å². The highest BCUT2D eigenvalue weighted by atomic mass is 79.9. The molecule has 104 valence electrons. The molecule has 1 aliphatic heterocycles. The first-order valence-corrected chi connectivity index (χ1v) is 8.68. The third-order valence-corrected chi connectivity index (χ3v) is 5.75. The van der Waals surface area contributed by atoms with Crippen LogP contribution in [-0.4, -0.2) is 15.0 Å². The van der Waals surface area contributed by atoms with Gasteiger partial charge in [0.15, 0.2) is 0 Å². The quantitative estimate of drug-likeness (QED) is 0.828. The van der Waals surface area contributed by atoms with Crippen LogP contribution in [0.2, 0.25) is 0 Å². The Morgan fingerprint density at radius 2 is 1.85 bits per heavy atom. The Morgan fingerprint density at radius 3 is 2.65 bits per heavy atom. The van der Waals surface area contributed by atoms with Gasteiger partial charge in [0, 0.05) is 11.0 Å². The largest absolute Gasteiger partial charge is 0.266 e. The van der Waals surface area contributed by atoms with Gasteiger partial charge in [0.2, 0.25) is 0 Å². The molecular weight excluding hydrogens is 338 g/mol. The van der Waals surface area contributed by atoms with Gasteiger partial charge in [-0.2, -0.15) is 0 Å². The van der Waals surface area contributed by atoms with Crippen molar-refractivity contribution in [3.8, 4) is 0 Å². The van der Waals surface area contributed by atoms with Gasteiger partial charge in [0.25, 0.3) is 10.0 Å². The molecule has 0 saturated heterocycles. The predicted octanol–water partition coefficient (Wildman–Crippen LogP) is 3.59. The normalized spacial score (nSPS) is 14.9. The zero-order valence-electron chi connectivity index (χ0n) is 10.8. The van der Waals surface area contributed by atoms with E-state index in [1.165, 1.54) is 4.31 Å². The highest BCUT2D eigenvalue weighted by Gasteiger charge is 2.28. The van der Waals surface area contributed by atoms with E-state index in [0.29, 0.717) is 11.4 Å². The van der Waals surface area contributed by atoms with Crippen molar-refractivity contribution in [1.82, 2.24) is 0 Å². The summed E-state index contributed by atoms with van der Waals surface area (Å²) in [6, 6.07) is 14.6. The van der Waals surface area contributed by atoms with Crippen LogP contribution in [0.3, 0.4) is 0 Å². The molecule has 0 saturated carbocycles. The second kappa shape index (κ2) is 5.22. The van der Waals surface area contributed by atoms with Crippen LogP contribution in [0, 0.1) is 0 Å². The maximum absolute atomic E-state index is 12.8. The molecule has 0 atom stereocenters. The van der Waals surface area contributed by atoms with E-state index >= 15 is 0 Å². The second-order valence-electron chi connectivity index (χ2n) is 4.77. The summed E-state index contributed by atoms with van der Waals surface area (Å²) >= 11 is 3.33. The summed E-state index contributed by atoms with van der Waals surface area (Å²) in [6.45, 7) is 0.534. The van der Waals surface area contributed by atoms with Crippen LogP contribution >= 0.6 is 15.9 Å². The average molecular weight is 352 g/mol. The van der Waals surface area contributed by atoms with Gasteiger partial charge < -0.3 is 0 Å². The Hall–Kier alpha value is -1.33. The maximum Gasteiger partial charge on any atom is 0.264 e. The summed E-state index contributed by atoms with van der Waals surface area (Å²) in [5.41, 5.74) is 1.90. The standard InChI is InChI=1S/C15H14BrNO2S/c16-13-7-3-8-14(11-13)20(18,19)17-10-4-6-12-5-1-2-9-15(12)17/h1-3,5,7-9,11H,4,6,10H2. The fourth-order valence-corrected chi connectivity index (χ4v) is 4.64. The van der Waals surface area contributed by atoms with Gasteiger partial charge in [-0.15, -0.1) is 0 Å². The molecule has 0 radical (unpaired) electrons. The highest BCUT2D eigenvalue weighted by molar-refractivity contribution is 9.10. The van der Waals surface area contributed by atoms with Gasteiger partial charge in [-0.25, -0.2) is 8.42 Å². The molecule has 0 unspecified atom stereocenters. The highest BCUT2D eigenvalue weighted by Crippen LogP contribution is 2.32. The van der Waals surface area contributed by atoms with Gasteiger partial charge in [-0.05, 0) is 42.7 Å². The minimum absolute atomic E-state index is 0.323. The Morgan fingerprint density at radius 1 is 1.05 bits per heavy atom. The van der Waals surface area contributed by atoms with Gasteiger partial charge in [0.05, 0.1) is 10.6 Å². The average Bonchev–Trinajstić information content (AvgIpc) is 2.46. The van der Waals surface area contributed by atoms with Crippen LogP contribution in [0.1, 0.15) is 12.0 Å². The Labute approximate surface area is 127 Å². The number of benzene rings is 2. The summed E-state index contributed by atoms with van der Waals surface area (Å²) in [6.07, 6.45) is 1.78. The molecule has 0 amide bonds. The second-order valence-corrected chi connectivity index (χ2v) is 7.54. The summed E-state index contributed by atoms with van der Waals surface area (Å²) in [5, 5.41) is 0. The van der Waals surface area contributed by atoms with Crippen molar-refractivity contribution in [2.75, 3.05) is 10.8 Å². The van der Waals surface area contributed by atoms with E-state index in [2.05, 4.69) is 15.9 Å². The molecule has 5 heteroatoms. The molecule has 3 nitrogen and oxygen atoms in total. The summed E-state index contributed by atoms with van der Waals surface area (Å²) in [7, 11) is -3.49. The van der Waals surface area contributed by atoms with Crippen molar-refractivity contribution < 1.29 is 8.42 Å². The number of fused-ring (bicyclic) bond motifs is 1. The topological polar surface area (TPSA) is 37.4 Å². The van der Waals surface area contributed by atoms with Crippen molar-refractivity contribution in [3.05, 3.63) is 58.6 Å². The van der Waals surface area contributed by atoms with E-state index in [-0.39, 0.29) is 0 Å². The van der Waals surface area contributed by atoms with E-state index in [4.69, 9.17) is 0 Å². The third kappa shape index (κ3) is 2.36. The Bertz CT molecular complexity index is 743. The first-order valence-electron chi connectivity index (χ1n) is 6.45. The number of nitrogens with zero attached hydrogens (tertiary/aromatic N) is 1. The van der Waals surface area contributed by atoms with Gasteiger partial charge >= 0.3 is 0 Å². The van der Waals surface area contributed by atoms with E-state index in [1.807, 2.05) is 30.3 Å². The summed E-state index contributed by atoms with van der Waals surface area (Å²) < 4.78 is 27.9. The zero-order chi connectivity index (χ0) is 14.2. The number of sulfonamides is 1. The van der Waals surface area contributed by atoms with Crippen LogP contribution in [0.15, 0.2) is 57.9 Å². The Kier molecular flexibility index (Phi) is 3.56. The van der Waals surface area contributed by atoms with Crippen molar-refractivity contribution in [2.45, 2.75) is 17.7 Å². The summed E-state index contributed by atoms with van der Waals surface area (Å²) in [4.78, 5) is 0.323. The van der Waals surface area contributed by atoms with Crippen molar-refractivity contribution in [3.63, 3.8) is 0 Å². The van der Waals surface area contributed by atoms with Gasteiger partial charge in [-0.3, -0.25) is 4.31 Å². The van der Waals surface area contributed by atoms with E-state index in [9.17, 15) is 8.42 Å². The van der Waals surface area contributed by atoms with Crippen LogP contribution in [-0.2, 0) is 16.4 Å². The molecule has 0 aromatic heterocycles. The molecule has 0 fully saturated rings. The molecule has 1 aliphatic rings. The lowest BCUT2D eigenvalue weighted by molar-refractivity contribution is 0.586. The lowest BCUT2D eigenvalue weighted by Gasteiger charge is -2.30. The number of para-hydroxylation sites is 1. The summed E-state index contributed by atoms with van der Waals surface area (Å²) in [5.74, 6) is 0. The Balaban J connectivity index is 2.10. The molecule has 2 aromatic rings. The van der Waals surface area contributed by atoms with Crippen molar-refractivity contribution in [1.29, 1.82) is 0 Å². The molecule has 0 spiro atoms. The predicted molar refractivity (Wildman–Crippen MR) is 83.4 cm³/mol. The fourth-order valence-electron chi connectivity index (χ4n) is 2.50. The van der Waals surface area contributed by atoms with E-state index in [0.717, 1.165) is 28.6 Å². The number of rotatable bonds is 2. The minimum atomic E-state index is -3.49. The number of aryl methyl sites for hydroxylation is 1. The minimum Gasteiger partial charge on any atom is -0.266 e. The van der Waals surface area contributed by atoms with Gasteiger partial charge in [0.1, 0.15) is 0 Å². The van der Waals surface area contributed by atoms with Crippen molar-refractivity contribution >= 4 is 31.6 Å². The molecule has 0 aliphatic carbocycles. The monoisotopic (exact) mass is 351 g/mol. The lowest BCUT2D eigenvalue weighted by atomic mass is 10.0. The molecule has 1 heterocycles. The van der Waals surface area contributed by atoms with Crippen LogP contribution in [0.5, 0.6) is 0 Å². The number of hydrogen-bond acceptors (Lipinski definition) is 2. The lowest BCUT2D eigenvalue weighted by Crippen LogP contribution is -2.35. The number of anilines is 1. The molecule has 20 heavy (non-hydrogen) atoms. The van der Waals surface area contributed by atoms with Crippen LogP contribution in [0.25, 0.3) is 0 Å². The zero-order valence-corrected chi connectivity index (χ0v) is 13.2. The molecule has 3 rings (SSSR count). The van der Waals surface area contributed by atoms with Gasteiger partial charge in [-0.1, -0.05) is 40.2 Å². The first-order chi connectivity index (χ1) is 9.59. The van der Waals surface area contributed by atoms with Crippen molar-refractivity contribution in [2.24, 2.45) is 0 Å².